The molecule has 3 heteroatoms. The van der Waals surface area contributed by atoms with Crippen molar-refractivity contribution in [2.45, 2.75) is 32.8 Å². The van der Waals surface area contributed by atoms with E-state index in [-0.39, 0.29) is 11.9 Å². The number of carbonyl (C=O) groups is 1. The van der Waals surface area contributed by atoms with Crippen LogP contribution in [0, 0.1) is 5.41 Å². The molecule has 1 saturated heterocycles. The van der Waals surface area contributed by atoms with Gasteiger partial charge in [-0.3, -0.25) is 9.69 Å². The Morgan fingerprint density at radius 1 is 1.37 bits per heavy atom. The molecule has 1 aromatic rings. The summed E-state index contributed by atoms with van der Waals surface area (Å²) in [5.74, 6) is 0.174. The van der Waals surface area contributed by atoms with Gasteiger partial charge in [-0.05, 0) is 19.4 Å². The Morgan fingerprint density at radius 3 is 2.68 bits per heavy atom. The van der Waals surface area contributed by atoms with Gasteiger partial charge in [0.1, 0.15) is 0 Å². The summed E-state index contributed by atoms with van der Waals surface area (Å²) in [5, 5.41) is 9.71. The van der Waals surface area contributed by atoms with Gasteiger partial charge in [0.2, 0.25) is 0 Å². The number of hydrogen-bond acceptors (Lipinski definition) is 3. The van der Waals surface area contributed by atoms with Crippen LogP contribution in [0.2, 0.25) is 0 Å². The first-order valence-corrected chi connectivity index (χ1v) is 6.99. The number of nitrogens with zero attached hydrogens (tertiary/aromatic N) is 1. The fourth-order valence-electron chi connectivity index (χ4n) is 2.79. The van der Waals surface area contributed by atoms with Crippen molar-refractivity contribution in [2.24, 2.45) is 5.41 Å². The van der Waals surface area contributed by atoms with Gasteiger partial charge in [-0.25, -0.2) is 0 Å². The van der Waals surface area contributed by atoms with E-state index in [1.807, 2.05) is 44.2 Å². The Bertz CT molecular complexity index is 428. The summed E-state index contributed by atoms with van der Waals surface area (Å²) in [6.45, 7) is 6.35. The van der Waals surface area contributed by atoms with Crippen LogP contribution in [-0.2, 0) is 0 Å². The second-order valence-corrected chi connectivity index (χ2v) is 6.11. The lowest BCUT2D eigenvalue weighted by molar-refractivity contribution is 0.0451. The van der Waals surface area contributed by atoms with E-state index in [0.29, 0.717) is 13.1 Å². The van der Waals surface area contributed by atoms with Gasteiger partial charge in [0, 0.05) is 24.1 Å². The molecule has 1 heterocycles. The van der Waals surface area contributed by atoms with Crippen LogP contribution in [-0.4, -0.2) is 41.5 Å². The molecule has 3 nitrogen and oxygen atoms in total. The van der Waals surface area contributed by atoms with Gasteiger partial charge in [0.05, 0.1) is 6.10 Å². The van der Waals surface area contributed by atoms with E-state index in [1.165, 1.54) is 0 Å². The van der Waals surface area contributed by atoms with E-state index in [2.05, 4.69) is 4.90 Å². The number of likely N-dealkylation sites (tertiary alicyclic amines) is 1. The number of carbonyl (C=O) groups excluding carboxylic acids is 1. The van der Waals surface area contributed by atoms with Crippen LogP contribution in [0.25, 0.3) is 0 Å². The Kier molecular flexibility index (Phi) is 4.38. The summed E-state index contributed by atoms with van der Waals surface area (Å²) in [6, 6.07) is 9.46. The number of rotatable bonds is 4. The van der Waals surface area contributed by atoms with Gasteiger partial charge in [-0.1, -0.05) is 44.2 Å². The van der Waals surface area contributed by atoms with Crippen molar-refractivity contribution in [2.75, 3.05) is 19.6 Å². The Hall–Kier alpha value is -1.19. The first-order valence-electron chi connectivity index (χ1n) is 6.99. The second kappa shape index (κ2) is 5.85. The molecule has 1 aliphatic heterocycles. The van der Waals surface area contributed by atoms with Gasteiger partial charge in [-0.15, -0.1) is 0 Å². The molecule has 1 fully saturated rings. The Balaban J connectivity index is 2.03. The lowest BCUT2D eigenvalue weighted by atomic mass is 9.83. The second-order valence-electron chi connectivity index (χ2n) is 6.11. The molecule has 0 aromatic heterocycles. The predicted octanol–water partition coefficient (Wildman–Crippen LogP) is 2.35. The first kappa shape index (κ1) is 14.2. The molecular weight excluding hydrogens is 238 g/mol. The van der Waals surface area contributed by atoms with E-state index in [4.69, 9.17) is 0 Å². The molecule has 1 aromatic carbocycles. The summed E-state index contributed by atoms with van der Waals surface area (Å²) < 4.78 is 0. The molecule has 1 N–H and O–H groups in total. The normalized spacial score (nSPS) is 21.3. The number of ketones is 1. The molecule has 104 valence electrons. The lowest BCUT2D eigenvalue weighted by Gasteiger charge is -2.35. The fourth-order valence-corrected chi connectivity index (χ4v) is 2.79. The van der Waals surface area contributed by atoms with Crippen LogP contribution in [0.3, 0.4) is 0 Å². The maximum Gasteiger partial charge on any atom is 0.169 e. The van der Waals surface area contributed by atoms with E-state index in [1.54, 1.807) is 0 Å². The zero-order valence-electron chi connectivity index (χ0n) is 11.8. The third kappa shape index (κ3) is 3.64. The van der Waals surface area contributed by atoms with Crippen LogP contribution in [0.1, 0.15) is 37.0 Å². The standard InChI is InChI=1S/C16H23NO2/c1-16(2,12-17-10-6-9-14(18)11-17)15(19)13-7-4-3-5-8-13/h3-5,7-8,14,18H,6,9-12H2,1-2H3. The summed E-state index contributed by atoms with van der Waals surface area (Å²) in [4.78, 5) is 14.7. The number of aliphatic hydroxyl groups excluding tert-OH is 1. The van der Waals surface area contributed by atoms with Gasteiger partial charge in [-0.2, -0.15) is 0 Å². The molecular formula is C16H23NO2. The van der Waals surface area contributed by atoms with Crippen LogP contribution in [0.15, 0.2) is 30.3 Å². The maximum absolute atomic E-state index is 12.5. The molecule has 0 bridgehead atoms. The minimum Gasteiger partial charge on any atom is -0.392 e. The molecule has 1 atom stereocenters. The third-order valence-electron chi connectivity index (χ3n) is 3.75. The number of benzene rings is 1. The van der Waals surface area contributed by atoms with Crippen molar-refractivity contribution < 1.29 is 9.90 Å². The summed E-state index contributed by atoms with van der Waals surface area (Å²) >= 11 is 0. The average molecular weight is 261 g/mol. The minimum atomic E-state index is -0.418. The van der Waals surface area contributed by atoms with E-state index < -0.39 is 5.41 Å². The highest BCUT2D eigenvalue weighted by molar-refractivity contribution is 6.00. The predicted molar refractivity (Wildman–Crippen MR) is 76.2 cm³/mol. The molecule has 1 aliphatic rings. The average Bonchev–Trinajstić information content (AvgIpc) is 2.38. The SMILES string of the molecule is CC(C)(CN1CCCC(O)C1)C(=O)c1ccccc1. The Morgan fingerprint density at radius 2 is 2.05 bits per heavy atom. The van der Waals surface area contributed by atoms with Crippen molar-refractivity contribution in [3.8, 4) is 0 Å². The van der Waals surface area contributed by atoms with Gasteiger partial charge < -0.3 is 5.11 Å². The summed E-state index contributed by atoms with van der Waals surface area (Å²) in [6.07, 6.45) is 1.65. The van der Waals surface area contributed by atoms with Crippen LogP contribution >= 0.6 is 0 Å². The number of hydrogen-bond donors (Lipinski definition) is 1. The quantitative estimate of drug-likeness (QED) is 0.846. The number of Topliss-reactive ketones (excluding diaryl/α,β-unsaturated/α-hetero) is 1. The van der Waals surface area contributed by atoms with Gasteiger partial charge in [0.15, 0.2) is 5.78 Å². The number of aliphatic hydroxyl groups is 1. The molecule has 19 heavy (non-hydrogen) atoms. The van der Waals surface area contributed by atoms with Gasteiger partial charge in [0.25, 0.3) is 0 Å². The molecule has 0 saturated carbocycles. The van der Waals surface area contributed by atoms with E-state index in [9.17, 15) is 9.90 Å². The molecule has 1 unspecified atom stereocenters. The van der Waals surface area contributed by atoms with Crippen LogP contribution < -0.4 is 0 Å². The van der Waals surface area contributed by atoms with Crippen molar-refractivity contribution in [1.82, 2.24) is 4.90 Å². The molecule has 0 amide bonds. The van der Waals surface area contributed by atoms with Crippen LogP contribution in [0.4, 0.5) is 0 Å². The zero-order chi connectivity index (χ0) is 13.9. The highest BCUT2D eigenvalue weighted by Gasteiger charge is 2.32. The van der Waals surface area contributed by atoms with Gasteiger partial charge >= 0.3 is 0 Å². The van der Waals surface area contributed by atoms with Crippen molar-refractivity contribution in [3.63, 3.8) is 0 Å². The summed E-state index contributed by atoms with van der Waals surface area (Å²) in [7, 11) is 0. The minimum absolute atomic E-state index is 0.174. The molecule has 2 rings (SSSR count). The molecule has 0 aliphatic carbocycles. The van der Waals surface area contributed by atoms with E-state index >= 15 is 0 Å². The van der Waals surface area contributed by atoms with Crippen molar-refractivity contribution in [3.05, 3.63) is 35.9 Å². The smallest absolute Gasteiger partial charge is 0.169 e. The highest BCUT2D eigenvalue weighted by Crippen LogP contribution is 2.25. The number of piperidine rings is 1. The summed E-state index contributed by atoms with van der Waals surface area (Å²) in [5.41, 5.74) is 0.350. The molecule has 0 radical (unpaired) electrons. The molecule has 0 spiro atoms. The topological polar surface area (TPSA) is 40.5 Å². The Labute approximate surface area is 115 Å². The van der Waals surface area contributed by atoms with Crippen molar-refractivity contribution in [1.29, 1.82) is 0 Å². The third-order valence-corrected chi connectivity index (χ3v) is 3.75. The van der Waals surface area contributed by atoms with E-state index in [0.717, 1.165) is 24.9 Å². The number of β-amino-alcohol motifs (C(OH)–C–C–N with tert-alkyl or cyclic N) is 1. The highest BCUT2D eigenvalue weighted by atomic mass is 16.3. The fraction of sp³-hybridized carbons (Fsp3) is 0.562. The van der Waals surface area contributed by atoms with Crippen molar-refractivity contribution >= 4 is 5.78 Å². The maximum atomic E-state index is 12.5. The first-order chi connectivity index (χ1) is 8.99. The monoisotopic (exact) mass is 261 g/mol. The lowest BCUT2D eigenvalue weighted by Crippen LogP contribution is -2.45. The zero-order valence-corrected chi connectivity index (χ0v) is 11.8. The largest absolute Gasteiger partial charge is 0.392 e. The van der Waals surface area contributed by atoms with Crippen LogP contribution in [0.5, 0.6) is 0 Å².